The molecule has 1 aromatic rings. The minimum Gasteiger partial charge on any atom is -0.463 e. The fourth-order valence-corrected chi connectivity index (χ4v) is 2.61. The number of ether oxygens (including phenoxy) is 2. The molecular formula is C15H19NO6S. The smallest absolute Gasteiger partial charge is 0.355 e. The van der Waals surface area contributed by atoms with Gasteiger partial charge in [0.15, 0.2) is 11.7 Å². The summed E-state index contributed by atoms with van der Waals surface area (Å²) in [5, 5.41) is 0. The maximum Gasteiger partial charge on any atom is 0.355 e. The number of hydrogen-bond acceptors (Lipinski definition) is 6. The van der Waals surface area contributed by atoms with Gasteiger partial charge in [-0.3, -0.25) is 4.79 Å². The first-order chi connectivity index (χ1) is 10.7. The quantitative estimate of drug-likeness (QED) is 0.337. The molecule has 0 saturated heterocycles. The van der Waals surface area contributed by atoms with Gasteiger partial charge in [-0.2, -0.15) is 8.42 Å². The third-order valence-corrected chi connectivity index (χ3v) is 4.09. The largest absolute Gasteiger partial charge is 0.463 e. The van der Waals surface area contributed by atoms with E-state index in [0.29, 0.717) is 0 Å². The molecule has 0 spiro atoms. The zero-order valence-corrected chi connectivity index (χ0v) is 14.2. The van der Waals surface area contributed by atoms with Gasteiger partial charge in [0.2, 0.25) is 0 Å². The Balaban J connectivity index is 2.99. The van der Waals surface area contributed by atoms with Crippen molar-refractivity contribution in [3.63, 3.8) is 0 Å². The van der Waals surface area contributed by atoms with Crippen LogP contribution in [-0.2, 0) is 29.1 Å². The van der Waals surface area contributed by atoms with E-state index < -0.39 is 27.9 Å². The second kappa shape index (κ2) is 7.87. The van der Waals surface area contributed by atoms with Crippen molar-refractivity contribution < 1.29 is 27.5 Å². The molecule has 7 nitrogen and oxygen atoms in total. The maximum atomic E-state index is 12.1. The summed E-state index contributed by atoms with van der Waals surface area (Å²) in [6.45, 7) is 5.87. The minimum atomic E-state index is -3.99. The van der Waals surface area contributed by atoms with Crippen molar-refractivity contribution >= 4 is 27.7 Å². The van der Waals surface area contributed by atoms with E-state index >= 15 is 0 Å². The van der Waals surface area contributed by atoms with Gasteiger partial charge in [0, 0.05) is 6.92 Å². The number of carbonyl (C=O) groups is 2. The average Bonchev–Trinajstić information content (AvgIpc) is 2.44. The van der Waals surface area contributed by atoms with Gasteiger partial charge in [0.25, 0.3) is 16.1 Å². The van der Waals surface area contributed by atoms with E-state index in [1.54, 1.807) is 19.1 Å². The predicted molar refractivity (Wildman–Crippen MR) is 83.7 cm³/mol. The number of rotatable bonds is 6. The van der Waals surface area contributed by atoms with Crippen molar-refractivity contribution in [2.45, 2.75) is 38.7 Å². The summed E-state index contributed by atoms with van der Waals surface area (Å²) in [7, 11) is -3.99. The highest BCUT2D eigenvalue weighted by Crippen LogP contribution is 2.14. The molecule has 0 aliphatic heterocycles. The van der Waals surface area contributed by atoms with Crippen LogP contribution in [0.15, 0.2) is 33.6 Å². The number of nitrogens with zero attached hydrogens (tertiary/aromatic N) is 1. The van der Waals surface area contributed by atoms with Crippen LogP contribution in [0, 0.1) is 6.92 Å². The number of sulfonamides is 1. The lowest BCUT2D eigenvalue weighted by atomic mass is 10.2. The number of ketones is 1. The maximum absolute atomic E-state index is 12.1. The molecule has 1 unspecified atom stereocenters. The number of hydrogen-bond donors (Lipinski definition) is 0. The SMILES string of the molecule is CCOC(=O)C(OC(C)=NS(=O)(=O)c1ccc(C)cc1)C(C)=O. The van der Waals surface area contributed by atoms with Crippen LogP contribution in [0.1, 0.15) is 26.3 Å². The number of benzene rings is 1. The van der Waals surface area contributed by atoms with E-state index in [4.69, 9.17) is 9.47 Å². The summed E-state index contributed by atoms with van der Waals surface area (Å²) < 4.78 is 37.5. The van der Waals surface area contributed by atoms with Gasteiger partial charge < -0.3 is 9.47 Å². The lowest BCUT2D eigenvalue weighted by Crippen LogP contribution is -2.34. The molecule has 23 heavy (non-hydrogen) atoms. The highest BCUT2D eigenvalue weighted by atomic mass is 32.2. The molecule has 1 aromatic carbocycles. The lowest BCUT2D eigenvalue weighted by Gasteiger charge is -2.14. The molecule has 0 bridgehead atoms. The normalized spacial score (nSPS) is 13.3. The van der Waals surface area contributed by atoms with Gasteiger partial charge in [-0.25, -0.2) is 4.79 Å². The molecule has 0 radical (unpaired) electrons. The van der Waals surface area contributed by atoms with Crippen LogP contribution in [0.4, 0.5) is 0 Å². The first kappa shape index (κ1) is 18.8. The topological polar surface area (TPSA) is 99.1 Å². The number of esters is 1. The lowest BCUT2D eigenvalue weighted by molar-refractivity contribution is -0.155. The summed E-state index contributed by atoms with van der Waals surface area (Å²) >= 11 is 0. The Bertz CT molecular complexity index is 706. The van der Waals surface area contributed by atoms with Crippen LogP contribution < -0.4 is 0 Å². The Morgan fingerprint density at radius 3 is 2.22 bits per heavy atom. The van der Waals surface area contributed by atoms with Gasteiger partial charge in [-0.1, -0.05) is 17.7 Å². The van der Waals surface area contributed by atoms with Crippen LogP contribution in [0.5, 0.6) is 0 Å². The van der Waals surface area contributed by atoms with Gasteiger partial charge >= 0.3 is 5.97 Å². The molecular weight excluding hydrogens is 322 g/mol. The summed E-state index contributed by atoms with van der Waals surface area (Å²) in [5.41, 5.74) is 0.903. The van der Waals surface area contributed by atoms with Crippen molar-refractivity contribution in [3.05, 3.63) is 29.8 Å². The summed E-state index contributed by atoms with van der Waals surface area (Å²) in [5.74, 6) is -1.81. The Hall–Kier alpha value is -2.22. The summed E-state index contributed by atoms with van der Waals surface area (Å²) in [6, 6.07) is 6.09. The van der Waals surface area contributed by atoms with Crippen molar-refractivity contribution in [2.75, 3.05) is 6.61 Å². The van der Waals surface area contributed by atoms with Crippen molar-refractivity contribution in [2.24, 2.45) is 4.40 Å². The first-order valence-electron chi connectivity index (χ1n) is 6.89. The van der Waals surface area contributed by atoms with Crippen LogP contribution in [0.2, 0.25) is 0 Å². The first-order valence-corrected chi connectivity index (χ1v) is 8.33. The summed E-state index contributed by atoms with van der Waals surface area (Å²) in [6.07, 6.45) is -1.54. The highest BCUT2D eigenvalue weighted by molar-refractivity contribution is 7.90. The zero-order valence-electron chi connectivity index (χ0n) is 13.4. The van der Waals surface area contributed by atoms with Gasteiger partial charge in [-0.15, -0.1) is 4.40 Å². The fourth-order valence-electron chi connectivity index (χ4n) is 1.64. The van der Waals surface area contributed by atoms with Gasteiger partial charge in [0.05, 0.1) is 11.5 Å². The van der Waals surface area contributed by atoms with E-state index in [9.17, 15) is 18.0 Å². The highest BCUT2D eigenvalue weighted by Gasteiger charge is 2.28. The zero-order chi connectivity index (χ0) is 17.6. The Kier molecular flexibility index (Phi) is 6.44. The fraction of sp³-hybridized carbons (Fsp3) is 0.400. The average molecular weight is 341 g/mol. The number of aryl methyl sites for hydroxylation is 1. The standard InChI is InChI=1S/C15H19NO6S/c1-5-21-15(18)14(11(3)17)22-12(4)16-23(19,20)13-8-6-10(2)7-9-13/h6-9,14H,5H2,1-4H3. The van der Waals surface area contributed by atoms with Crippen LogP contribution in [-0.4, -0.2) is 38.8 Å². The Morgan fingerprint density at radius 1 is 1.17 bits per heavy atom. The monoisotopic (exact) mass is 341 g/mol. The molecule has 0 aromatic heterocycles. The number of carbonyl (C=O) groups excluding carboxylic acids is 2. The minimum absolute atomic E-state index is 0.0124. The van der Waals surface area contributed by atoms with Crippen molar-refractivity contribution in [3.8, 4) is 0 Å². The van der Waals surface area contributed by atoms with Crippen molar-refractivity contribution in [1.29, 1.82) is 0 Å². The number of Topliss-reactive ketones (excluding diaryl/α,β-unsaturated/α-hetero) is 1. The third-order valence-electron chi connectivity index (χ3n) is 2.73. The Morgan fingerprint density at radius 2 is 1.74 bits per heavy atom. The van der Waals surface area contributed by atoms with Crippen LogP contribution in [0.3, 0.4) is 0 Å². The molecule has 0 heterocycles. The van der Waals surface area contributed by atoms with E-state index in [2.05, 4.69) is 4.40 Å². The van der Waals surface area contributed by atoms with Crippen LogP contribution in [0.25, 0.3) is 0 Å². The summed E-state index contributed by atoms with van der Waals surface area (Å²) in [4.78, 5) is 23.0. The van der Waals surface area contributed by atoms with E-state index in [1.807, 2.05) is 6.92 Å². The molecule has 0 fully saturated rings. The second-order valence-corrected chi connectivity index (χ2v) is 6.36. The van der Waals surface area contributed by atoms with Crippen LogP contribution >= 0.6 is 0 Å². The van der Waals surface area contributed by atoms with E-state index in [0.717, 1.165) is 12.5 Å². The molecule has 0 aliphatic carbocycles. The van der Waals surface area contributed by atoms with E-state index in [1.165, 1.54) is 19.1 Å². The van der Waals surface area contributed by atoms with Gasteiger partial charge in [0.1, 0.15) is 0 Å². The molecule has 1 atom stereocenters. The van der Waals surface area contributed by atoms with Gasteiger partial charge in [-0.05, 0) is 32.9 Å². The molecule has 1 rings (SSSR count). The molecule has 0 saturated carbocycles. The van der Waals surface area contributed by atoms with E-state index in [-0.39, 0.29) is 17.4 Å². The molecule has 0 aliphatic rings. The van der Waals surface area contributed by atoms with Crippen molar-refractivity contribution in [1.82, 2.24) is 0 Å². The molecule has 8 heteroatoms. The molecule has 0 amide bonds. The molecule has 0 N–H and O–H groups in total. The third kappa shape index (κ3) is 5.48. The Labute approximate surface area is 135 Å². The molecule has 126 valence electrons. The second-order valence-electron chi connectivity index (χ2n) is 4.76. The predicted octanol–water partition coefficient (Wildman–Crippen LogP) is 1.64.